The molecular formula is C31H44N4O6. The molecule has 1 aromatic rings. The number of epoxide rings is 1. The highest BCUT2D eigenvalue weighted by molar-refractivity contribution is 5.98. The monoisotopic (exact) mass is 568 g/mol. The second-order valence-corrected chi connectivity index (χ2v) is 11.8. The predicted octanol–water partition coefficient (Wildman–Crippen LogP) is 1.91. The molecule has 0 radical (unpaired) electrons. The van der Waals surface area contributed by atoms with Crippen molar-refractivity contribution < 1.29 is 28.7 Å². The number of piperidine rings is 1. The zero-order chi connectivity index (χ0) is 29.6. The first-order chi connectivity index (χ1) is 19.6. The van der Waals surface area contributed by atoms with E-state index in [9.17, 15) is 19.2 Å². The van der Waals surface area contributed by atoms with Crippen molar-refractivity contribution in [1.29, 1.82) is 0 Å². The molecule has 4 unspecified atom stereocenters. The highest BCUT2D eigenvalue weighted by atomic mass is 16.6. The second kappa shape index (κ2) is 13.6. The number of hydrogen-bond donors (Lipinski definition) is 3. The molecule has 3 amide bonds. The number of amides is 3. The summed E-state index contributed by atoms with van der Waals surface area (Å²) in [6, 6.07) is 4.72. The molecule has 0 bridgehead atoms. The minimum atomic E-state index is -0.959. The van der Waals surface area contributed by atoms with Crippen LogP contribution in [0.1, 0.15) is 57.9 Å². The lowest BCUT2D eigenvalue weighted by Gasteiger charge is -2.29. The van der Waals surface area contributed by atoms with Crippen molar-refractivity contribution in [1.82, 2.24) is 20.9 Å². The van der Waals surface area contributed by atoms with Crippen molar-refractivity contribution in [2.75, 3.05) is 33.9 Å². The molecule has 0 aromatic heterocycles. The third kappa shape index (κ3) is 8.39. The van der Waals surface area contributed by atoms with Gasteiger partial charge in [-0.3, -0.25) is 19.2 Å². The van der Waals surface area contributed by atoms with E-state index in [1.165, 1.54) is 0 Å². The molecule has 1 aliphatic carbocycles. The van der Waals surface area contributed by atoms with Crippen LogP contribution in [0, 0.1) is 5.92 Å². The largest absolute Gasteiger partial charge is 0.497 e. The fourth-order valence-corrected chi connectivity index (χ4v) is 5.46. The molecule has 10 heteroatoms. The summed E-state index contributed by atoms with van der Waals surface area (Å²) in [4.78, 5) is 55.3. The third-order valence-electron chi connectivity index (χ3n) is 8.41. The first-order valence-electron chi connectivity index (χ1n) is 14.7. The summed E-state index contributed by atoms with van der Waals surface area (Å²) in [6.07, 6.45) is 7.15. The summed E-state index contributed by atoms with van der Waals surface area (Å²) < 4.78 is 10.7. The standard InChI is InChI=1S/C31H44N4O6/c1-20(32-29(38)23-13-15-35(3)16-14-23)28(37)34-26(18-22-9-11-24(40-4)12-10-22)30(39)33-25(17-21-7-5-6-8-21)27(36)31(2)19-41-31/h7,9-12,20,23,25-26H,5-6,8,13-19H2,1-4H3,(H,32,38)(H,33,39)(H,34,37). The van der Waals surface area contributed by atoms with Crippen LogP contribution < -0.4 is 20.7 Å². The van der Waals surface area contributed by atoms with Crippen LogP contribution in [0.2, 0.25) is 0 Å². The van der Waals surface area contributed by atoms with Gasteiger partial charge < -0.3 is 30.3 Å². The molecule has 0 saturated carbocycles. The van der Waals surface area contributed by atoms with Gasteiger partial charge in [0.1, 0.15) is 23.4 Å². The van der Waals surface area contributed by atoms with Crippen LogP contribution in [0.3, 0.4) is 0 Å². The topological polar surface area (TPSA) is 129 Å². The molecule has 41 heavy (non-hydrogen) atoms. The van der Waals surface area contributed by atoms with Gasteiger partial charge in [-0.25, -0.2) is 0 Å². The van der Waals surface area contributed by atoms with Gasteiger partial charge in [0.25, 0.3) is 0 Å². The minimum absolute atomic E-state index is 0.137. The maximum absolute atomic E-state index is 13.7. The molecule has 2 fully saturated rings. The van der Waals surface area contributed by atoms with Crippen molar-refractivity contribution in [2.24, 2.45) is 5.92 Å². The summed E-state index contributed by atoms with van der Waals surface area (Å²) in [7, 11) is 3.60. The van der Waals surface area contributed by atoms with E-state index in [-0.39, 0.29) is 24.0 Å². The Labute approximate surface area is 242 Å². The van der Waals surface area contributed by atoms with Crippen LogP contribution in [-0.4, -0.2) is 86.0 Å². The van der Waals surface area contributed by atoms with Gasteiger partial charge in [-0.05, 0) is 90.2 Å². The SMILES string of the molecule is COc1ccc(CC(NC(=O)C(C)NC(=O)C2CCN(C)CC2)C(=O)NC(CC2=CCCC2)C(=O)C2(C)CO2)cc1. The van der Waals surface area contributed by atoms with E-state index < -0.39 is 35.5 Å². The van der Waals surface area contributed by atoms with E-state index in [2.05, 4.69) is 26.9 Å². The highest BCUT2D eigenvalue weighted by Gasteiger charge is 2.50. The van der Waals surface area contributed by atoms with Crippen molar-refractivity contribution >= 4 is 23.5 Å². The molecular weight excluding hydrogens is 524 g/mol. The van der Waals surface area contributed by atoms with Crippen LogP contribution in [0.5, 0.6) is 5.75 Å². The van der Waals surface area contributed by atoms with Gasteiger partial charge in [-0.1, -0.05) is 23.8 Å². The molecule has 2 heterocycles. The Balaban J connectivity index is 1.46. The van der Waals surface area contributed by atoms with Gasteiger partial charge in [0.05, 0.1) is 19.8 Å². The average Bonchev–Trinajstić information content (AvgIpc) is 3.50. The Morgan fingerprint density at radius 3 is 2.27 bits per heavy atom. The average molecular weight is 569 g/mol. The fraction of sp³-hybridized carbons (Fsp3) is 0.613. The van der Waals surface area contributed by atoms with Crippen LogP contribution in [0.4, 0.5) is 0 Å². The van der Waals surface area contributed by atoms with Crippen molar-refractivity contribution in [3.8, 4) is 5.75 Å². The summed E-state index contributed by atoms with van der Waals surface area (Å²) >= 11 is 0. The minimum Gasteiger partial charge on any atom is -0.497 e. The molecule has 2 aliphatic heterocycles. The number of methoxy groups -OCH3 is 1. The summed E-state index contributed by atoms with van der Waals surface area (Å²) in [5, 5.41) is 8.60. The molecule has 224 valence electrons. The van der Waals surface area contributed by atoms with Gasteiger partial charge in [-0.2, -0.15) is 0 Å². The number of likely N-dealkylation sites (tertiary alicyclic amines) is 1. The molecule has 0 spiro atoms. The Morgan fingerprint density at radius 2 is 1.68 bits per heavy atom. The maximum atomic E-state index is 13.7. The van der Waals surface area contributed by atoms with E-state index >= 15 is 0 Å². The number of carbonyl (C=O) groups is 4. The van der Waals surface area contributed by atoms with Crippen LogP contribution in [0.25, 0.3) is 0 Å². The number of ketones is 1. The van der Waals surface area contributed by atoms with E-state index in [0.29, 0.717) is 18.8 Å². The normalized spacial score (nSPS) is 23.1. The second-order valence-electron chi connectivity index (χ2n) is 11.8. The number of Topliss-reactive ketones (excluding diaryl/α,β-unsaturated/α-hetero) is 1. The van der Waals surface area contributed by atoms with Crippen molar-refractivity contribution in [3.63, 3.8) is 0 Å². The molecule has 10 nitrogen and oxygen atoms in total. The van der Waals surface area contributed by atoms with E-state index in [1.54, 1.807) is 33.1 Å². The van der Waals surface area contributed by atoms with Gasteiger partial charge >= 0.3 is 0 Å². The smallest absolute Gasteiger partial charge is 0.243 e. The first kappa shape index (κ1) is 30.7. The lowest BCUT2D eigenvalue weighted by Crippen LogP contribution is -2.57. The Bertz CT molecular complexity index is 1140. The highest BCUT2D eigenvalue weighted by Crippen LogP contribution is 2.31. The number of nitrogens with one attached hydrogen (secondary N) is 3. The summed E-state index contributed by atoms with van der Waals surface area (Å²) in [5.74, 6) is -0.681. The lowest BCUT2D eigenvalue weighted by molar-refractivity contribution is -0.134. The lowest BCUT2D eigenvalue weighted by atomic mass is 9.94. The van der Waals surface area contributed by atoms with Gasteiger partial charge in [0.15, 0.2) is 5.78 Å². The summed E-state index contributed by atoms with van der Waals surface area (Å²) in [5.41, 5.74) is 1.07. The maximum Gasteiger partial charge on any atom is 0.243 e. The molecule has 2 saturated heterocycles. The van der Waals surface area contributed by atoms with Crippen LogP contribution >= 0.6 is 0 Å². The molecule has 4 atom stereocenters. The van der Waals surface area contributed by atoms with Gasteiger partial charge in [0, 0.05) is 12.3 Å². The summed E-state index contributed by atoms with van der Waals surface area (Å²) in [6.45, 7) is 5.36. The molecule has 1 aromatic carbocycles. The number of benzene rings is 1. The Kier molecular flexibility index (Phi) is 10.2. The molecule has 3 N–H and O–H groups in total. The number of allylic oxidation sites excluding steroid dienone is 1. The van der Waals surface area contributed by atoms with Crippen molar-refractivity contribution in [2.45, 2.75) is 82.5 Å². The first-order valence-corrected chi connectivity index (χ1v) is 14.7. The quantitative estimate of drug-likeness (QED) is 0.245. The zero-order valence-corrected chi connectivity index (χ0v) is 24.7. The number of hydrogen-bond acceptors (Lipinski definition) is 7. The van der Waals surface area contributed by atoms with Crippen molar-refractivity contribution in [3.05, 3.63) is 41.5 Å². The van der Waals surface area contributed by atoms with E-state index in [1.807, 2.05) is 19.2 Å². The Hall–Kier alpha value is -3.24. The third-order valence-corrected chi connectivity index (χ3v) is 8.41. The van der Waals surface area contributed by atoms with Gasteiger partial charge in [0.2, 0.25) is 17.7 Å². The van der Waals surface area contributed by atoms with Gasteiger partial charge in [-0.15, -0.1) is 0 Å². The zero-order valence-electron chi connectivity index (χ0n) is 24.7. The number of ether oxygens (including phenoxy) is 2. The number of rotatable bonds is 13. The molecule has 3 aliphatic rings. The van der Waals surface area contributed by atoms with E-state index in [0.717, 1.165) is 56.3 Å². The number of nitrogens with zero attached hydrogens (tertiary/aromatic N) is 1. The van der Waals surface area contributed by atoms with Crippen LogP contribution in [-0.2, 0) is 30.3 Å². The van der Waals surface area contributed by atoms with E-state index in [4.69, 9.17) is 9.47 Å². The molecule has 4 rings (SSSR count). The fourth-order valence-electron chi connectivity index (χ4n) is 5.46. The predicted molar refractivity (Wildman–Crippen MR) is 154 cm³/mol. The Morgan fingerprint density at radius 1 is 1.02 bits per heavy atom. The number of carbonyl (C=O) groups excluding carboxylic acids is 4. The van der Waals surface area contributed by atoms with Crippen LogP contribution in [0.15, 0.2) is 35.9 Å².